The van der Waals surface area contributed by atoms with E-state index in [0.717, 1.165) is 35.4 Å². The summed E-state index contributed by atoms with van der Waals surface area (Å²) >= 11 is 0. The number of hydrogen-bond acceptors (Lipinski definition) is 5. The van der Waals surface area contributed by atoms with Crippen LogP contribution in [0.5, 0.6) is 0 Å². The molecule has 3 rings (SSSR count). The molecule has 0 atom stereocenters. The van der Waals surface area contributed by atoms with Gasteiger partial charge in [-0.15, -0.1) is 5.10 Å². The summed E-state index contributed by atoms with van der Waals surface area (Å²) in [7, 11) is 0. The zero-order chi connectivity index (χ0) is 17.1. The number of carbonyl (C=O) groups is 1. The van der Waals surface area contributed by atoms with Crippen LogP contribution >= 0.6 is 0 Å². The largest absolute Gasteiger partial charge is 0.466 e. The Bertz CT molecular complexity index is 832. The van der Waals surface area contributed by atoms with Gasteiger partial charge in [0, 0.05) is 11.8 Å². The standard InChI is InChI=1S/C17H21N5O2/c1-4-13-12(11-16(23)24-6-3)14(5-2)22(19-13)17-18-15-9-7-8-10-21(15)20-17/h7-10H,4-6,11H2,1-3H3. The van der Waals surface area contributed by atoms with Crippen molar-refractivity contribution in [2.45, 2.75) is 40.0 Å². The molecule has 0 saturated carbocycles. The second kappa shape index (κ2) is 6.82. The Kier molecular flexibility index (Phi) is 4.59. The minimum Gasteiger partial charge on any atom is -0.466 e. The van der Waals surface area contributed by atoms with Gasteiger partial charge in [-0.05, 0) is 31.9 Å². The lowest BCUT2D eigenvalue weighted by Crippen LogP contribution is -2.11. The summed E-state index contributed by atoms with van der Waals surface area (Å²) in [5.41, 5.74) is 3.53. The summed E-state index contributed by atoms with van der Waals surface area (Å²) in [5, 5.41) is 9.13. The molecule has 0 aliphatic rings. The Morgan fingerprint density at radius 2 is 2.00 bits per heavy atom. The zero-order valence-corrected chi connectivity index (χ0v) is 14.2. The number of hydrogen-bond donors (Lipinski definition) is 0. The first-order valence-electron chi connectivity index (χ1n) is 8.24. The lowest BCUT2D eigenvalue weighted by Gasteiger charge is -2.05. The van der Waals surface area contributed by atoms with Crippen LogP contribution in [-0.4, -0.2) is 37.0 Å². The summed E-state index contributed by atoms with van der Waals surface area (Å²) < 4.78 is 8.56. The predicted octanol–water partition coefficient (Wildman–Crippen LogP) is 2.15. The number of fused-ring (bicyclic) bond motifs is 1. The van der Waals surface area contributed by atoms with E-state index in [1.54, 1.807) is 9.20 Å². The smallest absolute Gasteiger partial charge is 0.310 e. The highest BCUT2D eigenvalue weighted by atomic mass is 16.5. The summed E-state index contributed by atoms with van der Waals surface area (Å²) in [6.07, 6.45) is 3.55. The van der Waals surface area contributed by atoms with Gasteiger partial charge in [0.25, 0.3) is 5.95 Å². The first-order chi connectivity index (χ1) is 11.7. The summed E-state index contributed by atoms with van der Waals surface area (Å²) in [6.45, 7) is 6.25. The Morgan fingerprint density at radius 3 is 2.67 bits per heavy atom. The Morgan fingerprint density at radius 1 is 1.17 bits per heavy atom. The molecule has 7 nitrogen and oxygen atoms in total. The monoisotopic (exact) mass is 327 g/mol. The number of esters is 1. The van der Waals surface area contributed by atoms with Crippen LogP contribution in [0.25, 0.3) is 11.6 Å². The first-order valence-corrected chi connectivity index (χ1v) is 8.24. The third-order valence-electron chi connectivity index (χ3n) is 3.89. The lowest BCUT2D eigenvalue weighted by molar-refractivity contribution is -0.142. The van der Waals surface area contributed by atoms with E-state index in [-0.39, 0.29) is 12.4 Å². The van der Waals surface area contributed by atoms with Gasteiger partial charge in [-0.25, -0.2) is 9.20 Å². The molecule has 0 aromatic carbocycles. The van der Waals surface area contributed by atoms with Gasteiger partial charge in [0.2, 0.25) is 0 Å². The van der Waals surface area contributed by atoms with Gasteiger partial charge in [0.15, 0.2) is 5.65 Å². The third kappa shape index (κ3) is 2.89. The highest BCUT2D eigenvalue weighted by Gasteiger charge is 2.21. The topological polar surface area (TPSA) is 74.3 Å². The van der Waals surface area contributed by atoms with Crippen LogP contribution < -0.4 is 0 Å². The fraction of sp³-hybridized carbons (Fsp3) is 0.412. The fourth-order valence-electron chi connectivity index (χ4n) is 2.82. The molecule has 7 heteroatoms. The molecule has 3 heterocycles. The number of nitrogens with zero attached hydrogens (tertiary/aromatic N) is 5. The molecular formula is C17H21N5O2. The molecule has 3 aromatic heterocycles. The number of carbonyl (C=O) groups excluding carboxylic acids is 1. The minimum absolute atomic E-state index is 0.230. The van der Waals surface area contributed by atoms with Crippen LogP contribution in [0, 0.1) is 0 Å². The number of aromatic nitrogens is 5. The average Bonchev–Trinajstić information content (AvgIpc) is 3.15. The van der Waals surface area contributed by atoms with Crippen molar-refractivity contribution >= 4 is 11.6 Å². The maximum atomic E-state index is 11.9. The molecule has 24 heavy (non-hydrogen) atoms. The van der Waals surface area contributed by atoms with Gasteiger partial charge < -0.3 is 4.74 Å². The van der Waals surface area contributed by atoms with E-state index < -0.39 is 0 Å². The van der Waals surface area contributed by atoms with Gasteiger partial charge in [-0.2, -0.15) is 10.1 Å². The highest BCUT2D eigenvalue weighted by Crippen LogP contribution is 2.20. The number of aryl methyl sites for hydroxylation is 1. The molecule has 0 spiro atoms. The second-order valence-corrected chi connectivity index (χ2v) is 5.39. The Balaban J connectivity index is 2.07. The normalized spacial score (nSPS) is 11.1. The molecule has 126 valence electrons. The molecule has 0 bridgehead atoms. The number of pyridine rings is 1. The quantitative estimate of drug-likeness (QED) is 0.649. The summed E-state index contributed by atoms with van der Waals surface area (Å²) in [5.74, 6) is 0.285. The molecule has 0 amide bonds. The van der Waals surface area contributed by atoms with Gasteiger partial charge in [0.1, 0.15) is 0 Å². The van der Waals surface area contributed by atoms with Crippen LogP contribution in [0.4, 0.5) is 0 Å². The van der Waals surface area contributed by atoms with E-state index in [0.29, 0.717) is 12.6 Å². The van der Waals surface area contributed by atoms with Gasteiger partial charge >= 0.3 is 5.97 Å². The molecular weight excluding hydrogens is 306 g/mol. The molecule has 0 aliphatic carbocycles. The van der Waals surface area contributed by atoms with Crippen molar-refractivity contribution in [3.8, 4) is 5.95 Å². The molecule has 0 unspecified atom stereocenters. The molecule has 0 fully saturated rings. The minimum atomic E-state index is -0.232. The fourth-order valence-corrected chi connectivity index (χ4v) is 2.82. The summed E-state index contributed by atoms with van der Waals surface area (Å²) in [4.78, 5) is 16.5. The van der Waals surface area contributed by atoms with Crippen LogP contribution in [0.1, 0.15) is 37.7 Å². The second-order valence-electron chi connectivity index (χ2n) is 5.39. The Labute approximate surface area is 140 Å². The van der Waals surface area contributed by atoms with Gasteiger partial charge in [0.05, 0.1) is 24.4 Å². The molecule has 0 radical (unpaired) electrons. The van der Waals surface area contributed by atoms with Crippen molar-refractivity contribution in [1.82, 2.24) is 24.4 Å². The van der Waals surface area contributed by atoms with E-state index in [1.165, 1.54) is 0 Å². The van der Waals surface area contributed by atoms with Gasteiger partial charge in [-0.1, -0.05) is 19.9 Å². The predicted molar refractivity (Wildman–Crippen MR) is 89.2 cm³/mol. The van der Waals surface area contributed by atoms with Crippen LogP contribution in [0.2, 0.25) is 0 Å². The molecule has 0 N–H and O–H groups in total. The third-order valence-corrected chi connectivity index (χ3v) is 3.89. The van der Waals surface area contributed by atoms with Crippen molar-refractivity contribution in [2.24, 2.45) is 0 Å². The van der Waals surface area contributed by atoms with Crippen molar-refractivity contribution < 1.29 is 9.53 Å². The Hall–Kier alpha value is -2.70. The van der Waals surface area contributed by atoms with Crippen molar-refractivity contribution in [3.63, 3.8) is 0 Å². The number of ether oxygens (including phenoxy) is 1. The van der Waals surface area contributed by atoms with Crippen LogP contribution in [-0.2, 0) is 28.8 Å². The number of rotatable bonds is 6. The van der Waals surface area contributed by atoms with Crippen molar-refractivity contribution in [3.05, 3.63) is 41.3 Å². The van der Waals surface area contributed by atoms with Crippen molar-refractivity contribution in [2.75, 3.05) is 6.61 Å². The molecule has 0 saturated heterocycles. The van der Waals surface area contributed by atoms with Gasteiger partial charge in [-0.3, -0.25) is 4.79 Å². The molecule has 3 aromatic rings. The maximum absolute atomic E-state index is 11.9. The van der Waals surface area contributed by atoms with Crippen molar-refractivity contribution in [1.29, 1.82) is 0 Å². The van der Waals surface area contributed by atoms with E-state index >= 15 is 0 Å². The van der Waals surface area contributed by atoms with E-state index in [2.05, 4.69) is 15.2 Å². The van der Waals surface area contributed by atoms with E-state index in [1.807, 2.05) is 45.2 Å². The first kappa shape index (κ1) is 16.2. The maximum Gasteiger partial charge on any atom is 0.310 e. The SMILES string of the molecule is CCOC(=O)Cc1c(CC)nn(-c2nc3ccccn3n2)c1CC. The molecule has 0 aliphatic heterocycles. The average molecular weight is 327 g/mol. The van der Waals surface area contributed by atoms with Crippen LogP contribution in [0.15, 0.2) is 24.4 Å². The van der Waals surface area contributed by atoms with E-state index in [9.17, 15) is 4.79 Å². The highest BCUT2D eigenvalue weighted by molar-refractivity contribution is 5.73. The summed E-state index contributed by atoms with van der Waals surface area (Å²) in [6, 6.07) is 5.71. The van der Waals surface area contributed by atoms with E-state index in [4.69, 9.17) is 4.74 Å². The lowest BCUT2D eigenvalue weighted by atomic mass is 10.1. The van der Waals surface area contributed by atoms with Crippen LogP contribution in [0.3, 0.4) is 0 Å². The zero-order valence-electron chi connectivity index (χ0n) is 14.2.